The van der Waals surface area contributed by atoms with Gasteiger partial charge in [-0.2, -0.15) is 0 Å². The number of hydrogen-bond acceptors (Lipinski definition) is 5. The van der Waals surface area contributed by atoms with Crippen LogP contribution >= 0.6 is 11.8 Å². The van der Waals surface area contributed by atoms with Crippen LogP contribution < -0.4 is 9.47 Å². The van der Waals surface area contributed by atoms with E-state index >= 15 is 0 Å². The van der Waals surface area contributed by atoms with Crippen molar-refractivity contribution in [3.05, 3.63) is 66.5 Å². The lowest BCUT2D eigenvalue weighted by atomic mass is 10.2. The Balaban J connectivity index is 1.92. The molecule has 3 aromatic rings. The number of halogens is 1. The van der Waals surface area contributed by atoms with Gasteiger partial charge < -0.3 is 9.47 Å². The number of methoxy groups -OCH3 is 2. The Hall–Kier alpha value is -2.80. The van der Waals surface area contributed by atoms with Crippen molar-refractivity contribution in [1.29, 1.82) is 0 Å². The molecule has 0 bridgehead atoms. The molecule has 2 aromatic carbocycles. The summed E-state index contributed by atoms with van der Waals surface area (Å²) < 4.78 is 26.3. The molecule has 0 amide bonds. The number of aromatic nitrogens is 3. The van der Waals surface area contributed by atoms with Gasteiger partial charge in [0.15, 0.2) is 11.0 Å². The Morgan fingerprint density at radius 2 is 1.89 bits per heavy atom. The SMILES string of the molecule is C=CCn1c(SCc2cc(F)ccc2OC)nnc1-c1ccccc1OC. The van der Waals surface area contributed by atoms with Crippen molar-refractivity contribution in [3.63, 3.8) is 0 Å². The Morgan fingerprint density at radius 1 is 1.11 bits per heavy atom. The lowest BCUT2D eigenvalue weighted by molar-refractivity contribution is 0.410. The summed E-state index contributed by atoms with van der Waals surface area (Å²) in [4.78, 5) is 0. The highest BCUT2D eigenvalue weighted by Gasteiger charge is 2.17. The number of para-hydroxylation sites is 1. The minimum absolute atomic E-state index is 0.298. The molecular weight excluding hydrogens is 365 g/mol. The van der Waals surface area contributed by atoms with E-state index in [1.807, 2.05) is 28.8 Å². The third-order valence-electron chi connectivity index (χ3n) is 3.98. The van der Waals surface area contributed by atoms with Crippen LogP contribution in [0.5, 0.6) is 11.5 Å². The molecule has 5 nitrogen and oxygen atoms in total. The number of hydrogen-bond donors (Lipinski definition) is 0. The van der Waals surface area contributed by atoms with Crippen LogP contribution in [0.2, 0.25) is 0 Å². The molecule has 1 heterocycles. The lowest BCUT2D eigenvalue weighted by Gasteiger charge is -2.11. The molecule has 0 atom stereocenters. The molecule has 0 aliphatic rings. The van der Waals surface area contributed by atoms with E-state index in [-0.39, 0.29) is 5.82 Å². The molecule has 0 fully saturated rings. The topological polar surface area (TPSA) is 49.2 Å². The van der Waals surface area contributed by atoms with Gasteiger partial charge >= 0.3 is 0 Å². The zero-order valence-electron chi connectivity index (χ0n) is 15.2. The van der Waals surface area contributed by atoms with Crippen molar-refractivity contribution in [3.8, 4) is 22.9 Å². The first-order valence-corrected chi connectivity index (χ1v) is 9.29. The Morgan fingerprint density at radius 3 is 2.63 bits per heavy atom. The Labute approximate surface area is 161 Å². The van der Waals surface area contributed by atoms with Gasteiger partial charge in [-0.15, -0.1) is 16.8 Å². The zero-order valence-corrected chi connectivity index (χ0v) is 16.0. The van der Waals surface area contributed by atoms with E-state index in [9.17, 15) is 4.39 Å². The minimum Gasteiger partial charge on any atom is -0.496 e. The Bertz CT molecular complexity index is 943. The van der Waals surface area contributed by atoms with Crippen LogP contribution in [0.4, 0.5) is 4.39 Å². The van der Waals surface area contributed by atoms with Gasteiger partial charge in [-0.1, -0.05) is 30.0 Å². The molecule has 0 spiro atoms. The number of thioether (sulfide) groups is 1. The summed E-state index contributed by atoms with van der Waals surface area (Å²) in [6, 6.07) is 12.1. The largest absolute Gasteiger partial charge is 0.496 e. The molecule has 1 aromatic heterocycles. The van der Waals surface area contributed by atoms with Gasteiger partial charge in [0.1, 0.15) is 17.3 Å². The van der Waals surface area contributed by atoms with E-state index in [0.29, 0.717) is 29.0 Å². The maximum atomic E-state index is 13.6. The van der Waals surface area contributed by atoms with Crippen LogP contribution in [-0.4, -0.2) is 29.0 Å². The molecule has 0 aliphatic heterocycles. The average molecular weight is 385 g/mol. The monoisotopic (exact) mass is 385 g/mol. The number of rotatable bonds is 8. The number of benzene rings is 2. The molecule has 27 heavy (non-hydrogen) atoms. The third-order valence-corrected chi connectivity index (χ3v) is 4.99. The van der Waals surface area contributed by atoms with Crippen molar-refractivity contribution in [2.75, 3.05) is 14.2 Å². The number of ether oxygens (including phenoxy) is 2. The quantitative estimate of drug-likeness (QED) is 0.420. The average Bonchev–Trinajstić information content (AvgIpc) is 3.09. The molecular formula is C20H20FN3O2S. The van der Waals surface area contributed by atoms with Crippen molar-refractivity contribution in [2.45, 2.75) is 17.5 Å². The summed E-state index contributed by atoms with van der Waals surface area (Å²) in [6.07, 6.45) is 1.79. The molecule has 7 heteroatoms. The molecule has 0 aliphatic carbocycles. The second kappa shape index (κ2) is 8.73. The first-order chi connectivity index (χ1) is 13.2. The third kappa shape index (κ3) is 4.14. The van der Waals surface area contributed by atoms with Gasteiger partial charge in [0.25, 0.3) is 0 Å². The predicted octanol–water partition coefficient (Wildman–Crippen LogP) is 4.58. The van der Waals surface area contributed by atoms with Crippen molar-refractivity contribution in [1.82, 2.24) is 14.8 Å². The van der Waals surface area contributed by atoms with E-state index in [0.717, 1.165) is 16.9 Å². The van der Waals surface area contributed by atoms with Crippen LogP contribution in [0, 0.1) is 5.82 Å². The molecule has 0 N–H and O–H groups in total. The standard InChI is InChI=1S/C20H20FN3O2S/c1-4-11-24-19(16-7-5-6-8-18(16)26-3)22-23-20(24)27-13-14-12-15(21)9-10-17(14)25-2/h4-10,12H,1,11,13H2,2-3H3. The van der Waals surface area contributed by atoms with Gasteiger partial charge in [0, 0.05) is 17.9 Å². The van der Waals surface area contributed by atoms with Gasteiger partial charge in [-0.3, -0.25) is 4.57 Å². The molecule has 0 unspecified atom stereocenters. The fraction of sp³-hybridized carbons (Fsp3) is 0.200. The molecule has 140 valence electrons. The van der Waals surface area contributed by atoms with Gasteiger partial charge in [0.05, 0.1) is 19.8 Å². The summed E-state index contributed by atoms with van der Waals surface area (Å²) in [6.45, 7) is 4.37. The normalized spacial score (nSPS) is 10.6. The van der Waals surface area contributed by atoms with E-state index in [1.54, 1.807) is 26.4 Å². The fourth-order valence-corrected chi connectivity index (χ4v) is 3.65. The highest BCUT2D eigenvalue weighted by atomic mass is 32.2. The second-order valence-electron chi connectivity index (χ2n) is 5.65. The molecule has 3 rings (SSSR count). The van der Waals surface area contributed by atoms with Crippen molar-refractivity contribution in [2.24, 2.45) is 0 Å². The van der Waals surface area contributed by atoms with Gasteiger partial charge in [-0.05, 0) is 30.3 Å². The maximum absolute atomic E-state index is 13.6. The van der Waals surface area contributed by atoms with E-state index in [1.165, 1.54) is 23.9 Å². The first kappa shape index (κ1) is 19.0. The van der Waals surface area contributed by atoms with Crippen molar-refractivity contribution >= 4 is 11.8 Å². The number of allylic oxidation sites excluding steroid dienone is 1. The fourth-order valence-electron chi connectivity index (χ4n) is 2.72. The summed E-state index contributed by atoms with van der Waals surface area (Å²) in [5.74, 6) is 2.26. The Kier molecular flexibility index (Phi) is 6.13. The summed E-state index contributed by atoms with van der Waals surface area (Å²) in [7, 11) is 3.19. The van der Waals surface area contributed by atoms with E-state index < -0.39 is 0 Å². The summed E-state index contributed by atoms with van der Waals surface area (Å²) in [5, 5.41) is 9.37. The van der Waals surface area contributed by atoms with Crippen LogP contribution in [0.25, 0.3) is 11.4 Å². The minimum atomic E-state index is -0.298. The van der Waals surface area contributed by atoms with Gasteiger partial charge in [0.2, 0.25) is 0 Å². The van der Waals surface area contributed by atoms with E-state index in [2.05, 4.69) is 16.8 Å². The first-order valence-electron chi connectivity index (χ1n) is 8.30. The maximum Gasteiger partial charge on any atom is 0.192 e. The highest BCUT2D eigenvalue weighted by molar-refractivity contribution is 7.98. The summed E-state index contributed by atoms with van der Waals surface area (Å²) in [5.41, 5.74) is 1.61. The highest BCUT2D eigenvalue weighted by Crippen LogP contribution is 2.33. The van der Waals surface area contributed by atoms with Crippen LogP contribution in [0.15, 0.2) is 60.3 Å². The summed E-state index contributed by atoms with van der Waals surface area (Å²) >= 11 is 1.46. The molecule has 0 saturated heterocycles. The smallest absolute Gasteiger partial charge is 0.192 e. The predicted molar refractivity (Wildman–Crippen MR) is 105 cm³/mol. The zero-order chi connectivity index (χ0) is 19.2. The van der Waals surface area contributed by atoms with Crippen LogP contribution in [-0.2, 0) is 12.3 Å². The molecule has 0 radical (unpaired) electrons. The van der Waals surface area contributed by atoms with Crippen LogP contribution in [0.1, 0.15) is 5.56 Å². The van der Waals surface area contributed by atoms with Crippen molar-refractivity contribution < 1.29 is 13.9 Å². The molecule has 0 saturated carbocycles. The van der Waals surface area contributed by atoms with Gasteiger partial charge in [-0.25, -0.2) is 4.39 Å². The van der Waals surface area contributed by atoms with Crippen LogP contribution in [0.3, 0.4) is 0 Å². The number of nitrogens with zero attached hydrogens (tertiary/aromatic N) is 3. The lowest BCUT2D eigenvalue weighted by Crippen LogP contribution is -2.02. The second-order valence-corrected chi connectivity index (χ2v) is 6.59. The van der Waals surface area contributed by atoms with E-state index in [4.69, 9.17) is 9.47 Å².